The van der Waals surface area contributed by atoms with Crippen LogP contribution in [0.4, 0.5) is 0 Å². The summed E-state index contributed by atoms with van der Waals surface area (Å²) in [4.78, 5) is 10.8. The first-order valence-electron chi connectivity index (χ1n) is 8.59. The third-order valence-corrected chi connectivity index (χ3v) is 5.89. The summed E-state index contributed by atoms with van der Waals surface area (Å²) in [5.41, 5.74) is 1.17. The Bertz CT molecular complexity index is 722. The second-order valence-corrected chi connectivity index (χ2v) is 8.04. The molecule has 0 unspecified atom stereocenters. The van der Waals surface area contributed by atoms with Gasteiger partial charge in [-0.1, -0.05) is 17.8 Å². The Morgan fingerprint density at radius 3 is 2.96 bits per heavy atom. The molecule has 1 aliphatic heterocycles. The molecule has 3 rings (SSSR count). The highest BCUT2D eigenvalue weighted by Crippen LogP contribution is 2.31. The molecule has 0 atom stereocenters. The number of aliphatic imine (C=N–C) groups is 1. The maximum absolute atomic E-state index is 5.66. The summed E-state index contributed by atoms with van der Waals surface area (Å²) in [7, 11) is 3.85. The lowest BCUT2D eigenvalue weighted by atomic mass is 10.2. The first-order valence-corrected chi connectivity index (χ1v) is 10.5. The summed E-state index contributed by atoms with van der Waals surface area (Å²) in [6.45, 7) is 2.86. The number of thioether (sulfide) groups is 1. The second-order valence-electron chi connectivity index (χ2n) is 5.81. The monoisotopic (exact) mass is 392 g/mol. The number of rotatable bonds is 7. The van der Waals surface area contributed by atoms with Crippen LogP contribution in [0.3, 0.4) is 0 Å². The summed E-state index contributed by atoms with van der Waals surface area (Å²) >= 11 is 3.49. The van der Waals surface area contributed by atoms with E-state index in [4.69, 9.17) is 9.47 Å². The lowest BCUT2D eigenvalue weighted by molar-refractivity contribution is 0.171. The van der Waals surface area contributed by atoms with Gasteiger partial charge >= 0.3 is 0 Å². The number of aromatic nitrogens is 1. The number of guanidine groups is 1. The van der Waals surface area contributed by atoms with Crippen LogP contribution in [0.1, 0.15) is 12.0 Å². The van der Waals surface area contributed by atoms with E-state index in [0.29, 0.717) is 13.2 Å². The van der Waals surface area contributed by atoms with Crippen LogP contribution in [0.5, 0.6) is 11.5 Å². The molecule has 1 aromatic heterocycles. The molecular weight excluding hydrogens is 368 g/mol. The molecule has 1 aliphatic rings. The number of nitrogens with zero attached hydrogens (tertiary/aromatic N) is 3. The molecule has 6 nitrogen and oxygen atoms in total. The van der Waals surface area contributed by atoms with E-state index in [1.165, 1.54) is 5.56 Å². The van der Waals surface area contributed by atoms with Crippen molar-refractivity contribution in [3.8, 4) is 11.5 Å². The quantitative estimate of drug-likeness (QED) is 0.338. The van der Waals surface area contributed by atoms with Crippen LogP contribution in [-0.2, 0) is 6.54 Å². The van der Waals surface area contributed by atoms with Gasteiger partial charge in [-0.05, 0) is 24.1 Å². The van der Waals surface area contributed by atoms with Crippen molar-refractivity contribution in [3.63, 3.8) is 0 Å². The summed E-state index contributed by atoms with van der Waals surface area (Å²) in [6.07, 6.45) is 2.90. The van der Waals surface area contributed by atoms with Gasteiger partial charge in [-0.15, -0.1) is 11.3 Å². The van der Waals surface area contributed by atoms with E-state index in [-0.39, 0.29) is 0 Å². The Hall–Kier alpha value is -1.93. The van der Waals surface area contributed by atoms with E-state index in [1.807, 2.05) is 37.8 Å². The summed E-state index contributed by atoms with van der Waals surface area (Å²) in [5.74, 6) is 3.58. The van der Waals surface area contributed by atoms with Gasteiger partial charge in [0, 0.05) is 44.5 Å². The van der Waals surface area contributed by atoms with Crippen molar-refractivity contribution in [2.24, 2.45) is 4.99 Å². The smallest absolute Gasteiger partial charge is 0.193 e. The van der Waals surface area contributed by atoms with Gasteiger partial charge in [0.15, 0.2) is 17.5 Å². The molecule has 2 heterocycles. The van der Waals surface area contributed by atoms with Gasteiger partial charge in [-0.25, -0.2) is 4.98 Å². The Balaban J connectivity index is 1.44. The molecule has 0 saturated carbocycles. The normalized spacial score (nSPS) is 13.5. The van der Waals surface area contributed by atoms with E-state index in [1.54, 1.807) is 23.1 Å². The van der Waals surface area contributed by atoms with Crippen LogP contribution < -0.4 is 14.8 Å². The van der Waals surface area contributed by atoms with Crippen molar-refractivity contribution in [3.05, 3.63) is 35.3 Å². The molecule has 1 aromatic carbocycles. The second kappa shape index (κ2) is 9.68. The third kappa shape index (κ3) is 5.28. The molecule has 140 valence electrons. The minimum absolute atomic E-state index is 0.606. The number of fused-ring (bicyclic) bond motifs is 1. The maximum atomic E-state index is 5.66. The van der Waals surface area contributed by atoms with Crippen LogP contribution in [0, 0.1) is 0 Å². The molecule has 0 saturated heterocycles. The standard InChI is InChI=1S/C18H24N4O2S2/c1-19-17(20-6-3-10-25-18-21-7-11-26-18)22(2)13-14-4-5-15-16(12-14)24-9-8-23-15/h4-5,7,11-12H,3,6,8-10,13H2,1-2H3,(H,19,20). The van der Waals surface area contributed by atoms with Crippen LogP contribution >= 0.6 is 23.1 Å². The van der Waals surface area contributed by atoms with Gasteiger partial charge < -0.3 is 19.7 Å². The predicted molar refractivity (Wildman–Crippen MR) is 108 cm³/mol. The van der Waals surface area contributed by atoms with Gasteiger partial charge in [-0.3, -0.25) is 4.99 Å². The van der Waals surface area contributed by atoms with Crippen LogP contribution in [-0.4, -0.2) is 55.5 Å². The first-order chi connectivity index (χ1) is 12.8. The topological polar surface area (TPSA) is 59.0 Å². The van der Waals surface area contributed by atoms with E-state index in [9.17, 15) is 0 Å². The zero-order valence-electron chi connectivity index (χ0n) is 15.1. The number of hydrogen-bond donors (Lipinski definition) is 1. The molecule has 0 amide bonds. The van der Waals surface area contributed by atoms with E-state index < -0.39 is 0 Å². The van der Waals surface area contributed by atoms with E-state index in [0.717, 1.165) is 47.1 Å². The summed E-state index contributed by atoms with van der Waals surface area (Å²) in [6, 6.07) is 6.09. The van der Waals surface area contributed by atoms with Crippen molar-refractivity contribution in [2.45, 2.75) is 17.3 Å². The highest BCUT2D eigenvalue weighted by molar-refractivity contribution is 8.00. The highest BCUT2D eigenvalue weighted by atomic mass is 32.2. The molecular formula is C18H24N4O2S2. The molecule has 0 fully saturated rings. The van der Waals surface area contributed by atoms with E-state index in [2.05, 4.69) is 26.3 Å². The number of nitrogens with one attached hydrogen (secondary N) is 1. The van der Waals surface area contributed by atoms with Crippen LogP contribution in [0.2, 0.25) is 0 Å². The maximum Gasteiger partial charge on any atom is 0.193 e. The minimum Gasteiger partial charge on any atom is -0.486 e. The van der Waals surface area contributed by atoms with Gasteiger partial charge in [0.05, 0.1) is 0 Å². The average Bonchev–Trinajstić information content (AvgIpc) is 3.18. The summed E-state index contributed by atoms with van der Waals surface area (Å²) in [5, 5.41) is 5.43. The molecule has 26 heavy (non-hydrogen) atoms. The van der Waals surface area contributed by atoms with Crippen LogP contribution in [0.25, 0.3) is 0 Å². The SMILES string of the molecule is CN=C(NCCCSc1nccs1)N(C)Cc1ccc2c(c1)OCCO2. The molecule has 0 radical (unpaired) electrons. The fourth-order valence-electron chi connectivity index (χ4n) is 2.63. The Morgan fingerprint density at radius 2 is 2.19 bits per heavy atom. The zero-order chi connectivity index (χ0) is 18.2. The number of benzene rings is 1. The van der Waals surface area contributed by atoms with E-state index >= 15 is 0 Å². The van der Waals surface area contributed by atoms with Crippen molar-refractivity contribution in [1.29, 1.82) is 0 Å². The zero-order valence-corrected chi connectivity index (χ0v) is 16.7. The predicted octanol–water partition coefficient (Wildman–Crippen LogP) is 3.10. The van der Waals surface area contributed by atoms with Gasteiger partial charge in [0.25, 0.3) is 0 Å². The third-order valence-electron chi connectivity index (χ3n) is 3.84. The number of ether oxygens (including phenoxy) is 2. The Kier molecular flexibility index (Phi) is 7.02. The van der Waals surface area contributed by atoms with Crippen molar-refractivity contribution >= 4 is 29.1 Å². The van der Waals surface area contributed by atoms with Crippen molar-refractivity contribution in [2.75, 3.05) is 39.6 Å². The average molecular weight is 393 g/mol. The fraction of sp³-hybridized carbons (Fsp3) is 0.444. The molecule has 0 spiro atoms. The Labute approximate surface area is 162 Å². The molecule has 0 aliphatic carbocycles. The Morgan fingerprint density at radius 1 is 1.35 bits per heavy atom. The lowest BCUT2D eigenvalue weighted by Gasteiger charge is -2.23. The largest absolute Gasteiger partial charge is 0.486 e. The van der Waals surface area contributed by atoms with Crippen LogP contribution in [0.15, 0.2) is 39.1 Å². The highest BCUT2D eigenvalue weighted by Gasteiger charge is 2.13. The van der Waals surface area contributed by atoms with Gasteiger partial charge in [0.2, 0.25) is 0 Å². The van der Waals surface area contributed by atoms with Gasteiger partial charge in [0.1, 0.15) is 17.6 Å². The van der Waals surface area contributed by atoms with Gasteiger partial charge in [-0.2, -0.15) is 0 Å². The number of hydrogen-bond acceptors (Lipinski definition) is 6. The number of thiazole rings is 1. The molecule has 2 aromatic rings. The first kappa shape index (κ1) is 18.8. The van der Waals surface area contributed by atoms with Crippen molar-refractivity contribution in [1.82, 2.24) is 15.2 Å². The minimum atomic E-state index is 0.606. The lowest BCUT2D eigenvalue weighted by Crippen LogP contribution is -2.39. The molecule has 0 bridgehead atoms. The summed E-state index contributed by atoms with van der Waals surface area (Å²) < 4.78 is 12.4. The van der Waals surface area contributed by atoms with Crippen molar-refractivity contribution < 1.29 is 9.47 Å². The molecule has 1 N–H and O–H groups in total. The molecule has 8 heteroatoms. The fourth-order valence-corrected chi connectivity index (χ4v) is 4.28.